The molecule has 3 N–H and O–H groups in total. The van der Waals surface area contributed by atoms with Crippen molar-refractivity contribution in [3.8, 4) is 0 Å². The van der Waals surface area contributed by atoms with Gasteiger partial charge in [-0.2, -0.15) is 4.31 Å². The monoisotopic (exact) mass is 406 g/mol. The first kappa shape index (κ1) is 21.5. The number of carbonyl (C=O) groups excluding carboxylic acids is 1. The zero-order chi connectivity index (χ0) is 20.7. The molecule has 0 aliphatic carbocycles. The number of rotatable bonds is 9. The molecule has 9 heteroatoms. The van der Waals surface area contributed by atoms with Gasteiger partial charge in [-0.3, -0.25) is 10.0 Å². The molecular formula is C19H22N2O6S. The van der Waals surface area contributed by atoms with E-state index in [1.165, 1.54) is 29.7 Å². The van der Waals surface area contributed by atoms with Crippen molar-refractivity contribution in [3.63, 3.8) is 0 Å². The van der Waals surface area contributed by atoms with E-state index in [1.54, 1.807) is 0 Å². The van der Waals surface area contributed by atoms with Gasteiger partial charge in [-0.05, 0) is 48.7 Å². The summed E-state index contributed by atoms with van der Waals surface area (Å²) < 4.78 is 27.2. The Balaban J connectivity index is 2.26. The number of sulfonamides is 1. The lowest BCUT2D eigenvalue weighted by Gasteiger charge is -2.22. The third kappa shape index (κ3) is 5.38. The molecule has 2 aromatic carbocycles. The molecule has 0 aromatic heterocycles. The number of hydrogen-bond acceptors (Lipinski definition) is 5. The molecule has 0 aliphatic heterocycles. The summed E-state index contributed by atoms with van der Waals surface area (Å²) in [5.41, 5.74) is 3.47. The van der Waals surface area contributed by atoms with Crippen LogP contribution in [0.15, 0.2) is 53.4 Å². The Morgan fingerprint density at radius 3 is 2.25 bits per heavy atom. The van der Waals surface area contributed by atoms with E-state index in [-0.39, 0.29) is 30.0 Å². The van der Waals surface area contributed by atoms with Gasteiger partial charge in [0.2, 0.25) is 15.9 Å². The number of nitrogens with one attached hydrogen (secondary N) is 1. The van der Waals surface area contributed by atoms with E-state index in [4.69, 9.17) is 10.3 Å². The van der Waals surface area contributed by atoms with Crippen molar-refractivity contribution in [2.75, 3.05) is 13.1 Å². The fourth-order valence-corrected chi connectivity index (χ4v) is 4.13. The molecule has 0 spiro atoms. The van der Waals surface area contributed by atoms with Crippen molar-refractivity contribution in [1.82, 2.24) is 9.79 Å². The van der Waals surface area contributed by atoms with Crippen LogP contribution in [0.3, 0.4) is 0 Å². The van der Waals surface area contributed by atoms with Crippen LogP contribution in [-0.2, 0) is 21.2 Å². The molecule has 0 radical (unpaired) electrons. The van der Waals surface area contributed by atoms with Gasteiger partial charge in [-0.15, -0.1) is 0 Å². The summed E-state index contributed by atoms with van der Waals surface area (Å²) in [4.78, 5) is 22.3. The molecule has 0 unspecified atom stereocenters. The van der Waals surface area contributed by atoms with Crippen molar-refractivity contribution in [2.24, 2.45) is 0 Å². The van der Waals surface area contributed by atoms with Crippen molar-refractivity contribution in [3.05, 3.63) is 65.2 Å². The standard InChI is InChI=1S/C19H22N2O6S/c1-14-4-2-3-5-15(14)10-12-21(13-11-18(22)20-25)28(26,27)17-8-6-16(7-9-17)19(23)24/h2-9,25H,10-13H2,1H3,(H,20,22)(H,23,24). The largest absolute Gasteiger partial charge is 0.478 e. The van der Waals surface area contributed by atoms with Crippen LogP contribution in [0.25, 0.3) is 0 Å². The summed E-state index contributed by atoms with van der Waals surface area (Å²) in [6.45, 7) is 1.94. The Labute approximate surface area is 163 Å². The van der Waals surface area contributed by atoms with Crippen molar-refractivity contribution in [2.45, 2.75) is 24.7 Å². The SMILES string of the molecule is Cc1ccccc1CCN(CCC(=O)NO)S(=O)(=O)c1ccc(C(=O)O)cc1. The van der Waals surface area contributed by atoms with E-state index < -0.39 is 21.9 Å². The minimum Gasteiger partial charge on any atom is -0.478 e. The van der Waals surface area contributed by atoms with Crippen LogP contribution in [-0.4, -0.2) is 48.0 Å². The Morgan fingerprint density at radius 1 is 1.04 bits per heavy atom. The van der Waals surface area contributed by atoms with E-state index in [2.05, 4.69) is 0 Å². The van der Waals surface area contributed by atoms with Gasteiger partial charge in [0.1, 0.15) is 0 Å². The highest BCUT2D eigenvalue weighted by Crippen LogP contribution is 2.18. The minimum absolute atomic E-state index is 0.0231. The molecule has 150 valence electrons. The molecule has 0 atom stereocenters. The highest BCUT2D eigenvalue weighted by molar-refractivity contribution is 7.89. The number of carbonyl (C=O) groups is 2. The summed E-state index contributed by atoms with van der Waals surface area (Å²) in [7, 11) is -3.95. The first-order valence-corrected chi connectivity index (χ1v) is 10.0. The second kappa shape index (κ2) is 9.45. The summed E-state index contributed by atoms with van der Waals surface area (Å²) in [6, 6.07) is 12.5. The molecule has 2 rings (SSSR count). The van der Waals surface area contributed by atoms with Gasteiger partial charge >= 0.3 is 5.97 Å². The predicted octanol–water partition coefficient (Wildman–Crippen LogP) is 1.82. The van der Waals surface area contributed by atoms with E-state index in [0.29, 0.717) is 6.42 Å². The van der Waals surface area contributed by atoms with Crippen LogP contribution in [0, 0.1) is 6.92 Å². The summed E-state index contributed by atoms with van der Waals surface area (Å²) in [5.74, 6) is -1.85. The van der Waals surface area contributed by atoms with Crippen molar-refractivity contribution >= 4 is 21.9 Å². The first-order chi connectivity index (χ1) is 13.3. The van der Waals surface area contributed by atoms with Crippen LogP contribution < -0.4 is 5.48 Å². The molecule has 0 fully saturated rings. The Bertz CT molecular complexity index is 941. The van der Waals surface area contributed by atoms with Crippen LogP contribution in [0.5, 0.6) is 0 Å². The third-order valence-electron chi connectivity index (χ3n) is 4.34. The van der Waals surface area contributed by atoms with E-state index in [1.807, 2.05) is 31.2 Å². The van der Waals surface area contributed by atoms with Crippen molar-refractivity contribution in [1.29, 1.82) is 0 Å². The zero-order valence-corrected chi connectivity index (χ0v) is 16.1. The number of benzene rings is 2. The van der Waals surface area contributed by atoms with Crippen LogP contribution in [0.2, 0.25) is 0 Å². The van der Waals surface area contributed by atoms with E-state index in [0.717, 1.165) is 15.4 Å². The third-order valence-corrected chi connectivity index (χ3v) is 6.26. The van der Waals surface area contributed by atoms with Crippen LogP contribution in [0.4, 0.5) is 0 Å². The minimum atomic E-state index is -3.95. The van der Waals surface area contributed by atoms with Gasteiger partial charge in [0.15, 0.2) is 0 Å². The van der Waals surface area contributed by atoms with Crippen LogP contribution >= 0.6 is 0 Å². The number of carboxylic acid groups (broad SMARTS) is 1. The maximum absolute atomic E-state index is 13.0. The lowest BCUT2D eigenvalue weighted by molar-refractivity contribution is -0.129. The molecule has 0 heterocycles. The van der Waals surface area contributed by atoms with Gasteiger partial charge in [-0.1, -0.05) is 24.3 Å². The lowest BCUT2D eigenvalue weighted by Crippen LogP contribution is -2.36. The van der Waals surface area contributed by atoms with Gasteiger partial charge in [-0.25, -0.2) is 18.7 Å². The van der Waals surface area contributed by atoms with Gasteiger partial charge in [0.05, 0.1) is 10.5 Å². The maximum Gasteiger partial charge on any atom is 0.335 e. The molecule has 28 heavy (non-hydrogen) atoms. The fraction of sp³-hybridized carbons (Fsp3) is 0.263. The van der Waals surface area contributed by atoms with Gasteiger partial charge < -0.3 is 5.11 Å². The molecule has 0 saturated heterocycles. The summed E-state index contributed by atoms with van der Waals surface area (Å²) in [5, 5.41) is 17.6. The Morgan fingerprint density at radius 2 is 1.68 bits per heavy atom. The lowest BCUT2D eigenvalue weighted by atomic mass is 10.1. The molecule has 1 amide bonds. The number of nitrogens with zero attached hydrogens (tertiary/aromatic N) is 1. The molecule has 8 nitrogen and oxygen atoms in total. The molecular weight excluding hydrogens is 384 g/mol. The van der Waals surface area contributed by atoms with E-state index in [9.17, 15) is 18.0 Å². The number of aryl methyl sites for hydroxylation is 1. The zero-order valence-electron chi connectivity index (χ0n) is 15.3. The predicted molar refractivity (Wildman–Crippen MR) is 102 cm³/mol. The Hall–Kier alpha value is -2.75. The average molecular weight is 406 g/mol. The Kier molecular flexibility index (Phi) is 7.27. The second-order valence-corrected chi connectivity index (χ2v) is 8.13. The smallest absolute Gasteiger partial charge is 0.335 e. The number of aromatic carboxylic acids is 1. The number of hydrogen-bond donors (Lipinski definition) is 3. The van der Waals surface area contributed by atoms with Crippen molar-refractivity contribution < 1.29 is 28.3 Å². The quantitative estimate of drug-likeness (QED) is 0.431. The number of carboxylic acids is 1. The molecule has 0 aliphatic rings. The van der Waals surface area contributed by atoms with E-state index >= 15 is 0 Å². The second-order valence-electron chi connectivity index (χ2n) is 6.20. The fourth-order valence-electron chi connectivity index (χ4n) is 2.69. The van der Waals surface area contributed by atoms with Crippen LogP contribution in [0.1, 0.15) is 27.9 Å². The number of amides is 1. The normalized spacial score (nSPS) is 11.4. The van der Waals surface area contributed by atoms with Gasteiger partial charge in [0.25, 0.3) is 0 Å². The maximum atomic E-state index is 13.0. The molecule has 2 aromatic rings. The average Bonchev–Trinajstić information content (AvgIpc) is 2.68. The highest BCUT2D eigenvalue weighted by atomic mass is 32.2. The first-order valence-electron chi connectivity index (χ1n) is 8.56. The summed E-state index contributed by atoms with van der Waals surface area (Å²) >= 11 is 0. The molecule has 0 bridgehead atoms. The molecule has 0 saturated carbocycles. The topological polar surface area (TPSA) is 124 Å². The van der Waals surface area contributed by atoms with Gasteiger partial charge in [0, 0.05) is 19.5 Å². The summed E-state index contributed by atoms with van der Waals surface area (Å²) in [6.07, 6.45) is 0.233. The highest BCUT2D eigenvalue weighted by Gasteiger charge is 2.25. The number of hydroxylamine groups is 1.